The molecule has 0 spiro atoms. The minimum atomic E-state index is -3.14. The molecule has 0 unspecified atom stereocenters. The molecule has 192 valence electrons. The van der Waals surface area contributed by atoms with E-state index in [2.05, 4.69) is 5.32 Å². The highest BCUT2D eigenvalue weighted by atomic mass is 32.2. The van der Waals surface area contributed by atoms with Crippen molar-refractivity contribution in [3.63, 3.8) is 0 Å². The third-order valence-electron chi connectivity index (χ3n) is 6.30. The molecule has 2 aromatic carbocycles. The van der Waals surface area contributed by atoms with Crippen molar-refractivity contribution in [2.75, 3.05) is 23.4 Å². The van der Waals surface area contributed by atoms with Crippen LogP contribution < -0.4 is 14.8 Å². The first kappa shape index (κ1) is 25.8. The van der Waals surface area contributed by atoms with Crippen LogP contribution in [0.5, 0.6) is 11.5 Å². The Morgan fingerprint density at radius 2 is 1.89 bits per heavy atom. The summed E-state index contributed by atoms with van der Waals surface area (Å²) < 4.78 is 37.5. The molecule has 1 saturated heterocycles. The molecule has 9 heteroatoms. The van der Waals surface area contributed by atoms with Crippen LogP contribution in [0.2, 0.25) is 0 Å². The predicted molar refractivity (Wildman–Crippen MR) is 141 cm³/mol. The number of nitrogens with zero attached hydrogens (tertiary/aromatic N) is 2. The number of benzene rings is 2. The maximum absolute atomic E-state index is 12.8. The molecule has 1 aromatic heterocycles. The van der Waals surface area contributed by atoms with Gasteiger partial charge in [0.2, 0.25) is 0 Å². The standard InChI is InChI=1S/C27H33N3O5S/c1-17(2)35-24-10-9-21(13-19(24)4)23-14-26(30(29-23)22-11-12-36(32,33)16-22)28-27(31)15-34-25-8-6-7-18(3)20(25)5/h6-10,13-14,17,22H,11-12,15-16H2,1-5H3,(H,28,31)/t22-/m0/s1. The van der Waals surface area contributed by atoms with Gasteiger partial charge in [-0.15, -0.1) is 0 Å². The van der Waals surface area contributed by atoms with Crippen molar-refractivity contribution in [2.45, 2.75) is 53.2 Å². The molecule has 1 atom stereocenters. The number of anilines is 1. The van der Waals surface area contributed by atoms with Crippen molar-refractivity contribution in [1.29, 1.82) is 0 Å². The van der Waals surface area contributed by atoms with Crippen LogP contribution in [0.3, 0.4) is 0 Å². The van der Waals surface area contributed by atoms with Crippen LogP contribution in [-0.4, -0.2) is 48.3 Å². The van der Waals surface area contributed by atoms with Gasteiger partial charge in [0.05, 0.1) is 29.3 Å². The maximum atomic E-state index is 12.8. The predicted octanol–water partition coefficient (Wildman–Crippen LogP) is 4.64. The molecule has 1 amide bonds. The first-order valence-electron chi connectivity index (χ1n) is 12.1. The fourth-order valence-corrected chi connectivity index (χ4v) is 5.97. The van der Waals surface area contributed by atoms with Gasteiger partial charge in [-0.1, -0.05) is 12.1 Å². The Labute approximate surface area is 212 Å². The van der Waals surface area contributed by atoms with E-state index in [0.717, 1.165) is 28.0 Å². The normalized spacial score (nSPS) is 16.8. The Morgan fingerprint density at radius 3 is 2.56 bits per heavy atom. The number of carbonyl (C=O) groups excluding carboxylic acids is 1. The number of ether oxygens (including phenoxy) is 2. The van der Waals surface area contributed by atoms with Crippen molar-refractivity contribution in [1.82, 2.24) is 9.78 Å². The molecule has 1 aliphatic heterocycles. The molecule has 4 rings (SSSR count). The molecule has 0 saturated carbocycles. The van der Waals surface area contributed by atoms with Gasteiger partial charge >= 0.3 is 0 Å². The molecule has 0 radical (unpaired) electrons. The monoisotopic (exact) mass is 511 g/mol. The van der Waals surface area contributed by atoms with E-state index in [-0.39, 0.29) is 36.2 Å². The molecule has 1 N–H and O–H groups in total. The summed E-state index contributed by atoms with van der Waals surface area (Å²) in [5.74, 6) is 1.66. The SMILES string of the molecule is Cc1cc(-c2cc(NC(=O)COc3cccc(C)c3C)n([C@H]3CCS(=O)(=O)C3)n2)ccc1OC(C)C. The first-order chi connectivity index (χ1) is 17.0. The Balaban J connectivity index is 1.58. The maximum Gasteiger partial charge on any atom is 0.263 e. The average molecular weight is 512 g/mol. The lowest BCUT2D eigenvalue weighted by Gasteiger charge is -2.15. The molecule has 1 aliphatic rings. The Hall–Kier alpha value is -3.33. The Bertz CT molecular complexity index is 1380. The van der Waals surface area contributed by atoms with Crippen molar-refractivity contribution in [2.24, 2.45) is 0 Å². The highest BCUT2D eigenvalue weighted by Gasteiger charge is 2.32. The number of hydrogen-bond acceptors (Lipinski definition) is 6. The third-order valence-corrected chi connectivity index (χ3v) is 8.05. The summed E-state index contributed by atoms with van der Waals surface area (Å²) in [7, 11) is -3.14. The average Bonchev–Trinajstić information content (AvgIpc) is 3.38. The lowest BCUT2D eigenvalue weighted by molar-refractivity contribution is -0.118. The lowest BCUT2D eigenvalue weighted by Crippen LogP contribution is -2.24. The number of carbonyl (C=O) groups is 1. The van der Waals surface area contributed by atoms with E-state index in [9.17, 15) is 13.2 Å². The van der Waals surface area contributed by atoms with Crippen LogP contribution >= 0.6 is 0 Å². The number of nitrogens with one attached hydrogen (secondary N) is 1. The zero-order valence-corrected chi connectivity index (χ0v) is 22.2. The highest BCUT2D eigenvalue weighted by molar-refractivity contribution is 7.91. The molecule has 8 nitrogen and oxygen atoms in total. The minimum Gasteiger partial charge on any atom is -0.491 e. The lowest BCUT2D eigenvalue weighted by atomic mass is 10.1. The fourth-order valence-electron chi connectivity index (χ4n) is 4.27. The van der Waals surface area contributed by atoms with E-state index < -0.39 is 9.84 Å². The molecule has 36 heavy (non-hydrogen) atoms. The van der Waals surface area contributed by atoms with E-state index >= 15 is 0 Å². The summed E-state index contributed by atoms with van der Waals surface area (Å²) in [5.41, 5.74) is 4.52. The zero-order chi connectivity index (χ0) is 26.0. The van der Waals surface area contributed by atoms with Gasteiger partial charge in [-0.25, -0.2) is 13.1 Å². The number of aromatic nitrogens is 2. The topological polar surface area (TPSA) is 99.5 Å². The Kier molecular flexibility index (Phi) is 7.40. The van der Waals surface area contributed by atoms with E-state index in [4.69, 9.17) is 14.6 Å². The van der Waals surface area contributed by atoms with Crippen LogP contribution in [0.4, 0.5) is 5.82 Å². The first-order valence-corrected chi connectivity index (χ1v) is 13.9. The number of amides is 1. The number of aryl methyl sites for hydroxylation is 2. The fraction of sp³-hybridized carbons (Fsp3) is 0.407. The smallest absolute Gasteiger partial charge is 0.263 e. The quantitative estimate of drug-likeness (QED) is 0.473. The second kappa shape index (κ2) is 10.3. The van der Waals surface area contributed by atoms with Crippen molar-refractivity contribution in [3.8, 4) is 22.8 Å². The van der Waals surface area contributed by atoms with E-state index in [1.807, 2.05) is 71.0 Å². The van der Waals surface area contributed by atoms with Crippen LogP contribution in [0.15, 0.2) is 42.5 Å². The van der Waals surface area contributed by atoms with Crippen LogP contribution in [0.25, 0.3) is 11.3 Å². The van der Waals surface area contributed by atoms with Crippen LogP contribution in [0.1, 0.15) is 43.0 Å². The third kappa shape index (κ3) is 5.90. The summed E-state index contributed by atoms with van der Waals surface area (Å²) in [5, 5.41) is 7.59. The zero-order valence-electron chi connectivity index (χ0n) is 21.4. The second-order valence-corrected chi connectivity index (χ2v) is 11.8. The summed E-state index contributed by atoms with van der Waals surface area (Å²) in [6.07, 6.45) is 0.511. The van der Waals surface area contributed by atoms with E-state index in [1.165, 1.54) is 0 Å². The summed E-state index contributed by atoms with van der Waals surface area (Å²) in [6.45, 7) is 9.68. The van der Waals surface area contributed by atoms with Gasteiger partial charge in [0.1, 0.15) is 17.3 Å². The molecule has 1 fully saturated rings. The molecular weight excluding hydrogens is 478 g/mol. The largest absolute Gasteiger partial charge is 0.491 e. The summed E-state index contributed by atoms with van der Waals surface area (Å²) in [6, 6.07) is 12.9. The van der Waals surface area contributed by atoms with Crippen molar-refractivity contribution >= 4 is 21.6 Å². The van der Waals surface area contributed by atoms with Gasteiger partial charge < -0.3 is 14.8 Å². The summed E-state index contributed by atoms with van der Waals surface area (Å²) in [4.78, 5) is 12.8. The van der Waals surface area contributed by atoms with Gasteiger partial charge in [0.25, 0.3) is 5.91 Å². The van der Waals surface area contributed by atoms with E-state index in [1.54, 1.807) is 10.7 Å². The van der Waals surface area contributed by atoms with Gasteiger partial charge in [-0.2, -0.15) is 5.10 Å². The second-order valence-electron chi connectivity index (χ2n) is 9.60. The molecule has 2 heterocycles. The minimum absolute atomic E-state index is 0.00380. The number of hydrogen-bond donors (Lipinski definition) is 1. The molecule has 0 aliphatic carbocycles. The molecule has 3 aromatic rings. The van der Waals surface area contributed by atoms with Crippen molar-refractivity contribution in [3.05, 3.63) is 59.2 Å². The van der Waals surface area contributed by atoms with Gasteiger partial charge in [0.15, 0.2) is 16.4 Å². The summed E-state index contributed by atoms with van der Waals surface area (Å²) >= 11 is 0. The van der Waals surface area contributed by atoms with Crippen LogP contribution in [0, 0.1) is 20.8 Å². The molecular formula is C27H33N3O5S. The van der Waals surface area contributed by atoms with Crippen LogP contribution in [-0.2, 0) is 14.6 Å². The number of sulfone groups is 1. The van der Waals surface area contributed by atoms with Gasteiger partial charge in [-0.3, -0.25) is 4.79 Å². The van der Waals surface area contributed by atoms with Gasteiger partial charge in [-0.05, 0) is 82.0 Å². The Morgan fingerprint density at radius 1 is 1.11 bits per heavy atom. The van der Waals surface area contributed by atoms with Crippen molar-refractivity contribution < 1.29 is 22.7 Å². The number of rotatable bonds is 8. The molecule has 0 bridgehead atoms. The van der Waals surface area contributed by atoms with Gasteiger partial charge in [0, 0.05) is 11.6 Å². The highest BCUT2D eigenvalue weighted by Crippen LogP contribution is 2.32. The van der Waals surface area contributed by atoms with E-state index in [0.29, 0.717) is 23.7 Å².